The second-order valence-corrected chi connectivity index (χ2v) is 7.53. The van der Waals surface area contributed by atoms with E-state index in [9.17, 15) is 9.59 Å². The maximum atomic E-state index is 12.4. The summed E-state index contributed by atoms with van der Waals surface area (Å²) in [6.07, 6.45) is 2.14. The summed E-state index contributed by atoms with van der Waals surface area (Å²) in [6, 6.07) is 21.1. The van der Waals surface area contributed by atoms with Gasteiger partial charge in [-0.05, 0) is 73.4 Å². The summed E-state index contributed by atoms with van der Waals surface area (Å²) in [5.74, 6) is 0.593. The quantitative estimate of drug-likeness (QED) is 0.358. The van der Waals surface area contributed by atoms with E-state index >= 15 is 0 Å². The molecule has 0 heterocycles. The van der Waals surface area contributed by atoms with Crippen LogP contribution < -0.4 is 9.47 Å². The van der Waals surface area contributed by atoms with Gasteiger partial charge in [0.05, 0.1) is 11.1 Å². The molecule has 1 unspecified atom stereocenters. The lowest BCUT2D eigenvalue weighted by atomic mass is 9.99. The Kier molecular flexibility index (Phi) is 7.02. The van der Waals surface area contributed by atoms with Gasteiger partial charge in [0.1, 0.15) is 11.5 Å². The fourth-order valence-electron chi connectivity index (χ4n) is 2.92. The SMILES string of the molecule is CCC(C)Cc1ccc(OC(=O)c2ccc(OC(=O)c3ccc(C)cc3)cc2)cc1. The number of aryl methyl sites for hydroxylation is 1. The maximum Gasteiger partial charge on any atom is 0.343 e. The van der Waals surface area contributed by atoms with Crippen molar-refractivity contribution in [3.8, 4) is 11.5 Å². The molecule has 0 radical (unpaired) electrons. The third kappa shape index (κ3) is 5.80. The van der Waals surface area contributed by atoms with E-state index in [1.54, 1.807) is 36.4 Å². The van der Waals surface area contributed by atoms with Gasteiger partial charge in [0.15, 0.2) is 0 Å². The Morgan fingerprint density at radius 3 is 1.63 bits per heavy atom. The Hall–Kier alpha value is -3.40. The summed E-state index contributed by atoms with van der Waals surface area (Å²) in [7, 11) is 0. The Bertz CT molecular complexity index is 987. The van der Waals surface area contributed by atoms with Crippen LogP contribution in [-0.2, 0) is 6.42 Å². The first kappa shape index (κ1) is 21.3. The lowest BCUT2D eigenvalue weighted by Crippen LogP contribution is -2.10. The molecule has 0 N–H and O–H groups in total. The molecule has 0 aliphatic heterocycles. The number of benzene rings is 3. The third-order valence-electron chi connectivity index (χ3n) is 5.00. The second-order valence-electron chi connectivity index (χ2n) is 7.53. The van der Waals surface area contributed by atoms with Gasteiger partial charge in [-0.3, -0.25) is 0 Å². The number of rotatable bonds is 7. The average molecular weight is 402 g/mol. The number of hydrogen-bond acceptors (Lipinski definition) is 4. The molecule has 0 aromatic heterocycles. The van der Waals surface area contributed by atoms with Crippen LogP contribution >= 0.6 is 0 Å². The van der Waals surface area contributed by atoms with E-state index in [1.165, 1.54) is 5.56 Å². The smallest absolute Gasteiger partial charge is 0.343 e. The van der Waals surface area contributed by atoms with Crippen LogP contribution in [0.4, 0.5) is 0 Å². The van der Waals surface area contributed by atoms with Crippen LogP contribution in [0.5, 0.6) is 11.5 Å². The minimum Gasteiger partial charge on any atom is -0.423 e. The first-order valence-electron chi connectivity index (χ1n) is 10.1. The predicted octanol–water partition coefficient (Wildman–Crippen LogP) is 6.02. The molecule has 1 atom stereocenters. The molecule has 0 amide bonds. The second kappa shape index (κ2) is 9.88. The van der Waals surface area contributed by atoms with Gasteiger partial charge in [0, 0.05) is 0 Å². The summed E-state index contributed by atoms with van der Waals surface area (Å²) in [4.78, 5) is 24.6. The van der Waals surface area contributed by atoms with Crippen LogP contribution in [0.3, 0.4) is 0 Å². The van der Waals surface area contributed by atoms with E-state index < -0.39 is 11.9 Å². The van der Waals surface area contributed by atoms with E-state index in [0.717, 1.165) is 18.4 Å². The molecule has 0 bridgehead atoms. The fourth-order valence-corrected chi connectivity index (χ4v) is 2.92. The summed E-state index contributed by atoms with van der Waals surface area (Å²) in [5, 5.41) is 0. The summed E-state index contributed by atoms with van der Waals surface area (Å²) < 4.78 is 10.8. The van der Waals surface area contributed by atoms with Crippen LogP contribution in [0.1, 0.15) is 52.1 Å². The molecule has 4 nitrogen and oxygen atoms in total. The van der Waals surface area contributed by atoms with Gasteiger partial charge in [-0.25, -0.2) is 9.59 Å². The molecule has 4 heteroatoms. The number of esters is 2. The molecule has 0 spiro atoms. The van der Waals surface area contributed by atoms with Crippen molar-refractivity contribution in [3.63, 3.8) is 0 Å². The zero-order valence-electron chi connectivity index (χ0n) is 17.6. The Morgan fingerprint density at radius 2 is 1.17 bits per heavy atom. The Labute approximate surface area is 177 Å². The zero-order chi connectivity index (χ0) is 21.5. The number of carbonyl (C=O) groups is 2. The van der Waals surface area contributed by atoms with Crippen molar-refractivity contribution >= 4 is 11.9 Å². The average Bonchev–Trinajstić information content (AvgIpc) is 2.76. The molecular formula is C26H26O4. The van der Waals surface area contributed by atoms with Crippen molar-refractivity contribution in [1.29, 1.82) is 0 Å². The molecular weight excluding hydrogens is 376 g/mol. The lowest BCUT2D eigenvalue weighted by Gasteiger charge is -2.09. The third-order valence-corrected chi connectivity index (χ3v) is 5.00. The van der Waals surface area contributed by atoms with Crippen molar-refractivity contribution in [1.82, 2.24) is 0 Å². The van der Waals surface area contributed by atoms with Crippen molar-refractivity contribution in [2.45, 2.75) is 33.6 Å². The fraction of sp³-hybridized carbons (Fsp3) is 0.231. The molecule has 0 aliphatic rings. The molecule has 30 heavy (non-hydrogen) atoms. The van der Waals surface area contributed by atoms with Crippen molar-refractivity contribution < 1.29 is 19.1 Å². The molecule has 0 aliphatic carbocycles. The van der Waals surface area contributed by atoms with Crippen molar-refractivity contribution in [3.05, 3.63) is 95.1 Å². The van der Waals surface area contributed by atoms with E-state index in [2.05, 4.69) is 13.8 Å². The molecule has 0 saturated heterocycles. The van der Waals surface area contributed by atoms with Gasteiger partial charge in [-0.15, -0.1) is 0 Å². The van der Waals surface area contributed by atoms with Gasteiger partial charge in [-0.1, -0.05) is 50.1 Å². The first-order chi connectivity index (χ1) is 14.4. The topological polar surface area (TPSA) is 52.6 Å². The van der Waals surface area contributed by atoms with Crippen LogP contribution in [0.25, 0.3) is 0 Å². The predicted molar refractivity (Wildman–Crippen MR) is 117 cm³/mol. The van der Waals surface area contributed by atoms with Crippen molar-refractivity contribution in [2.75, 3.05) is 0 Å². The first-order valence-corrected chi connectivity index (χ1v) is 10.1. The van der Waals surface area contributed by atoms with E-state index in [1.807, 2.05) is 43.3 Å². The van der Waals surface area contributed by atoms with Crippen LogP contribution in [0.15, 0.2) is 72.8 Å². The van der Waals surface area contributed by atoms with E-state index in [-0.39, 0.29) is 0 Å². The highest BCUT2D eigenvalue weighted by atomic mass is 16.5. The van der Waals surface area contributed by atoms with Gasteiger partial charge >= 0.3 is 11.9 Å². The number of hydrogen-bond donors (Lipinski definition) is 0. The highest BCUT2D eigenvalue weighted by molar-refractivity contribution is 5.92. The Balaban J connectivity index is 1.58. The minimum atomic E-state index is -0.457. The standard InChI is InChI=1S/C26H26O4/c1-4-18(2)17-20-7-13-23(14-8-20)29-26(28)22-11-15-24(16-12-22)30-25(27)21-9-5-19(3)6-10-21/h5-16,18H,4,17H2,1-3H3. The summed E-state index contributed by atoms with van der Waals surface area (Å²) >= 11 is 0. The van der Waals surface area contributed by atoms with Gasteiger partial charge in [-0.2, -0.15) is 0 Å². The minimum absolute atomic E-state index is 0.367. The van der Waals surface area contributed by atoms with Crippen LogP contribution in [0.2, 0.25) is 0 Å². The molecule has 0 fully saturated rings. The van der Waals surface area contributed by atoms with Crippen molar-refractivity contribution in [2.24, 2.45) is 5.92 Å². The lowest BCUT2D eigenvalue weighted by molar-refractivity contribution is 0.0730. The van der Waals surface area contributed by atoms with Gasteiger partial charge < -0.3 is 9.47 Å². The number of carbonyl (C=O) groups excluding carboxylic acids is 2. The van der Waals surface area contributed by atoms with Gasteiger partial charge in [0.25, 0.3) is 0 Å². The van der Waals surface area contributed by atoms with E-state index in [4.69, 9.17) is 9.47 Å². The highest BCUT2D eigenvalue weighted by Crippen LogP contribution is 2.19. The molecule has 154 valence electrons. The molecule has 0 saturated carbocycles. The molecule has 3 rings (SSSR count). The van der Waals surface area contributed by atoms with Crippen LogP contribution in [0, 0.1) is 12.8 Å². The largest absolute Gasteiger partial charge is 0.423 e. The van der Waals surface area contributed by atoms with E-state index in [0.29, 0.717) is 28.5 Å². The zero-order valence-corrected chi connectivity index (χ0v) is 17.6. The van der Waals surface area contributed by atoms with Gasteiger partial charge in [0.2, 0.25) is 0 Å². The van der Waals surface area contributed by atoms with Crippen LogP contribution in [-0.4, -0.2) is 11.9 Å². The number of ether oxygens (including phenoxy) is 2. The summed E-state index contributed by atoms with van der Waals surface area (Å²) in [5.41, 5.74) is 3.15. The Morgan fingerprint density at radius 1 is 0.733 bits per heavy atom. The molecule has 3 aromatic rings. The normalized spacial score (nSPS) is 11.6. The maximum absolute atomic E-state index is 12.4. The monoisotopic (exact) mass is 402 g/mol. The highest BCUT2D eigenvalue weighted by Gasteiger charge is 2.12. The molecule has 3 aromatic carbocycles. The summed E-state index contributed by atoms with van der Waals surface area (Å²) in [6.45, 7) is 6.35.